The summed E-state index contributed by atoms with van der Waals surface area (Å²) in [6, 6.07) is 18.2. The van der Waals surface area contributed by atoms with E-state index < -0.39 is 18.5 Å². The van der Waals surface area contributed by atoms with Gasteiger partial charge in [0.05, 0.1) is 19.9 Å². The fourth-order valence-corrected chi connectivity index (χ4v) is 3.50. The number of nitriles is 1. The summed E-state index contributed by atoms with van der Waals surface area (Å²) in [7, 11) is 3.09. The number of aromatic nitrogens is 1. The van der Waals surface area contributed by atoms with E-state index in [2.05, 4.69) is 5.32 Å². The minimum Gasteiger partial charge on any atom is -0.497 e. The standard InChI is InChI=1S/C26H25N3O5/c1-17-13-19(18(2)29(17)21-9-11-22(32-3)12-10-21)14-20(15-27)26(31)34-16-25(30)28-23-7-5-6-8-24(23)33-4/h5-14H,16H2,1-4H3,(H,28,30)/b20-14+. The number of carbonyl (C=O) groups is 2. The van der Waals surface area contributed by atoms with Gasteiger partial charge in [-0.25, -0.2) is 4.79 Å². The molecule has 1 N–H and O–H groups in total. The second-order valence-electron chi connectivity index (χ2n) is 7.35. The molecule has 174 valence electrons. The minimum absolute atomic E-state index is 0.208. The first-order valence-corrected chi connectivity index (χ1v) is 10.4. The van der Waals surface area contributed by atoms with E-state index in [0.29, 0.717) is 17.0 Å². The zero-order chi connectivity index (χ0) is 24.7. The summed E-state index contributed by atoms with van der Waals surface area (Å²) in [5.74, 6) is -0.206. The summed E-state index contributed by atoms with van der Waals surface area (Å²) in [6.07, 6.45) is 1.46. The van der Waals surface area contributed by atoms with Gasteiger partial charge >= 0.3 is 5.97 Å². The van der Waals surface area contributed by atoms with E-state index in [1.54, 1.807) is 31.4 Å². The summed E-state index contributed by atoms with van der Waals surface area (Å²) < 4.78 is 17.4. The molecular formula is C26H25N3O5. The molecule has 1 heterocycles. The van der Waals surface area contributed by atoms with E-state index in [9.17, 15) is 14.9 Å². The lowest BCUT2D eigenvalue weighted by Crippen LogP contribution is -2.21. The molecular weight excluding hydrogens is 434 g/mol. The maximum Gasteiger partial charge on any atom is 0.349 e. The van der Waals surface area contributed by atoms with Crippen LogP contribution in [0.3, 0.4) is 0 Å². The zero-order valence-corrected chi connectivity index (χ0v) is 19.4. The fourth-order valence-electron chi connectivity index (χ4n) is 3.50. The number of rotatable bonds is 8. The van der Waals surface area contributed by atoms with Crippen molar-refractivity contribution < 1.29 is 23.8 Å². The number of carbonyl (C=O) groups excluding carboxylic acids is 2. The van der Waals surface area contributed by atoms with Crippen LogP contribution in [0.1, 0.15) is 17.0 Å². The van der Waals surface area contributed by atoms with Gasteiger partial charge in [0.25, 0.3) is 5.91 Å². The Morgan fingerprint density at radius 1 is 1.06 bits per heavy atom. The Labute approximate surface area is 198 Å². The Balaban J connectivity index is 1.72. The third-order valence-electron chi connectivity index (χ3n) is 5.16. The van der Waals surface area contributed by atoms with E-state index in [4.69, 9.17) is 14.2 Å². The lowest BCUT2D eigenvalue weighted by Gasteiger charge is -2.10. The normalized spacial score (nSPS) is 10.9. The first kappa shape index (κ1) is 24.1. The number of nitrogens with one attached hydrogen (secondary N) is 1. The van der Waals surface area contributed by atoms with Crippen LogP contribution in [-0.2, 0) is 14.3 Å². The molecule has 8 nitrogen and oxygen atoms in total. The molecule has 0 unspecified atom stereocenters. The molecule has 0 saturated heterocycles. The van der Waals surface area contributed by atoms with Crippen LogP contribution < -0.4 is 14.8 Å². The van der Waals surface area contributed by atoms with Crippen molar-refractivity contribution >= 4 is 23.6 Å². The summed E-state index contributed by atoms with van der Waals surface area (Å²) in [5.41, 5.74) is 3.63. The second-order valence-corrected chi connectivity index (χ2v) is 7.35. The molecule has 34 heavy (non-hydrogen) atoms. The Morgan fingerprint density at radius 2 is 1.76 bits per heavy atom. The Hall–Kier alpha value is -4.51. The third kappa shape index (κ3) is 5.45. The number of nitrogens with zero attached hydrogens (tertiary/aromatic N) is 2. The van der Waals surface area contributed by atoms with E-state index in [1.807, 2.05) is 54.8 Å². The van der Waals surface area contributed by atoms with Crippen LogP contribution in [0.5, 0.6) is 11.5 Å². The van der Waals surface area contributed by atoms with Gasteiger partial charge in [-0.05, 0) is 68.0 Å². The number of amides is 1. The molecule has 0 aliphatic heterocycles. The van der Waals surface area contributed by atoms with Crippen LogP contribution >= 0.6 is 0 Å². The molecule has 0 bridgehead atoms. The molecule has 1 amide bonds. The first-order chi connectivity index (χ1) is 16.4. The van der Waals surface area contributed by atoms with Crippen LogP contribution in [0.4, 0.5) is 5.69 Å². The number of methoxy groups -OCH3 is 2. The molecule has 0 spiro atoms. The summed E-state index contributed by atoms with van der Waals surface area (Å²) in [4.78, 5) is 24.7. The molecule has 0 atom stereocenters. The number of hydrogen-bond donors (Lipinski definition) is 1. The highest BCUT2D eigenvalue weighted by molar-refractivity contribution is 6.00. The van der Waals surface area contributed by atoms with Gasteiger partial charge in [-0.15, -0.1) is 0 Å². The number of ether oxygens (including phenoxy) is 3. The average Bonchev–Trinajstić information content (AvgIpc) is 3.13. The molecule has 0 radical (unpaired) electrons. The van der Waals surface area contributed by atoms with E-state index >= 15 is 0 Å². The van der Waals surface area contributed by atoms with Gasteiger partial charge in [-0.1, -0.05) is 12.1 Å². The number of anilines is 1. The molecule has 8 heteroatoms. The highest BCUT2D eigenvalue weighted by Crippen LogP contribution is 2.25. The van der Waals surface area contributed by atoms with Crippen molar-refractivity contribution in [3.63, 3.8) is 0 Å². The van der Waals surface area contributed by atoms with E-state index in [-0.39, 0.29) is 5.57 Å². The predicted molar refractivity (Wildman–Crippen MR) is 128 cm³/mol. The first-order valence-electron chi connectivity index (χ1n) is 10.4. The molecule has 3 rings (SSSR count). The second kappa shape index (κ2) is 10.9. The number of aryl methyl sites for hydroxylation is 1. The molecule has 3 aromatic rings. The molecule has 0 aliphatic carbocycles. The maximum absolute atomic E-state index is 12.5. The van der Waals surface area contributed by atoms with E-state index in [0.717, 1.165) is 22.8 Å². The van der Waals surface area contributed by atoms with Gasteiger partial charge in [0.1, 0.15) is 23.1 Å². The van der Waals surface area contributed by atoms with Crippen molar-refractivity contribution in [1.82, 2.24) is 4.57 Å². The van der Waals surface area contributed by atoms with E-state index in [1.165, 1.54) is 13.2 Å². The van der Waals surface area contributed by atoms with Crippen molar-refractivity contribution in [3.05, 3.63) is 77.1 Å². The van der Waals surface area contributed by atoms with Crippen molar-refractivity contribution in [1.29, 1.82) is 5.26 Å². The van der Waals surface area contributed by atoms with Gasteiger partial charge in [0, 0.05) is 17.1 Å². The molecule has 0 fully saturated rings. The van der Waals surface area contributed by atoms with Crippen molar-refractivity contribution in [2.24, 2.45) is 0 Å². The van der Waals surface area contributed by atoms with Gasteiger partial charge in [0.15, 0.2) is 6.61 Å². The monoisotopic (exact) mass is 459 g/mol. The summed E-state index contributed by atoms with van der Waals surface area (Å²) >= 11 is 0. The van der Waals surface area contributed by atoms with Crippen molar-refractivity contribution in [3.8, 4) is 23.3 Å². The molecule has 1 aromatic heterocycles. The van der Waals surface area contributed by atoms with Gasteiger partial charge in [-0.3, -0.25) is 4.79 Å². The van der Waals surface area contributed by atoms with Crippen LogP contribution in [0.15, 0.2) is 60.2 Å². The Kier molecular flexibility index (Phi) is 7.72. The van der Waals surface area contributed by atoms with Crippen LogP contribution in [0.25, 0.3) is 11.8 Å². The van der Waals surface area contributed by atoms with Crippen molar-refractivity contribution in [2.45, 2.75) is 13.8 Å². The minimum atomic E-state index is -0.882. The topological polar surface area (TPSA) is 103 Å². The maximum atomic E-state index is 12.5. The van der Waals surface area contributed by atoms with Gasteiger partial charge < -0.3 is 24.1 Å². The smallest absolute Gasteiger partial charge is 0.349 e. The lowest BCUT2D eigenvalue weighted by atomic mass is 10.1. The fraction of sp³-hybridized carbons (Fsp3) is 0.192. The average molecular weight is 460 g/mol. The quantitative estimate of drug-likeness (QED) is 0.308. The largest absolute Gasteiger partial charge is 0.497 e. The highest BCUT2D eigenvalue weighted by Gasteiger charge is 2.17. The summed E-state index contributed by atoms with van der Waals surface area (Å²) in [6.45, 7) is 3.28. The Morgan fingerprint density at radius 3 is 2.41 bits per heavy atom. The Bertz CT molecular complexity index is 1270. The van der Waals surface area contributed by atoms with Crippen LogP contribution in [0, 0.1) is 25.2 Å². The SMILES string of the molecule is COc1ccc(-n2c(C)cc(/C=C(\C#N)C(=O)OCC(=O)Nc3ccccc3OC)c2C)cc1. The molecule has 2 aromatic carbocycles. The molecule has 0 saturated carbocycles. The zero-order valence-electron chi connectivity index (χ0n) is 19.4. The van der Waals surface area contributed by atoms with Crippen molar-refractivity contribution in [2.75, 3.05) is 26.1 Å². The summed E-state index contributed by atoms with van der Waals surface area (Å²) in [5, 5.41) is 12.1. The predicted octanol–water partition coefficient (Wildman–Crippen LogP) is 4.20. The number of hydrogen-bond acceptors (Lipinski definition) is 6. The van der Waals surface area contributed by atoms with Crippen LogP contribution in [-0.4, -0.2) is 37.3 Å². The number of esters is 1. The van der Waals surface area contributed by atoms with Gasteiger partial charge in [0.2, 0.25) is 0 Å². The highest BCUT2D eigenvalue weighted by atomic mass is 16.5. The third-order valence-corrected chi connectivity index (χ3v) is 5.16. The molecule has 0 aliphatic rings. The number of benzene rings is 2. The van der Waals surface area contributed by atoms with Gasteiger partial charge in [-0.2, -0.15) is 5.26 Å². The van der Waals surface area contributed by atoms with Crippen LogP contribution in [0.2, 0.25) is 0 Å². The number of para-hydroxylation sites is 2. The lowest BCUT2D eigenvalue weighted by molar-refractivity contribution is -0.142.